The van der Waals surface area contributed by atoms with Crippen LogP contribution in [0.5, 0.6) is 0 Å². The highest BCUT2D eigenvalue weighted by Crippen LogP contribution is 2.71. The Labute approximate surface area is 575 Å². The van der Waals surface area contributed by atoms with Gasteiger partial charge in [-0.2, -0.15) is 0 Å². The number of ether oxygens (including phenoxy) is 3. The number of cyclic esters (lactones) is 1. The van der Waals surface area contributed by atoms with Crippen molar-refractivity contribution in [3.63, 3.8) is 0 Å². The van der Waals surface area contributed by atoms with E-state index in [-0.39, 0.29) is 107 Å². The van der Waals surface area contributed by atoms with Crippen molar-refractivity contribution in [2.75, 3.05) is 45.9 Å². The summed E-state index contributed by atoms with van der Waals surface area (Å²) in [4.78, 5) is 82.1. The predicted octanol–water partition coefficient (Wildman–Crippen LogP) is 10.4. The second kappa shape index (κ2) is 28.5. The number of fused-ring (bicyclic) bond motifs is 11. The van der Waals surface area contributed by atoms with E-state index in [1.807, 2.05) is 25.1 Å². The molecule has 2 saturated heterocycles. The number of amides is 4. The first-order valence-corrected chi connectivity index (χ1v) is 37.7. The highest BCUT2D eigenvalue weighted by molar-refractivity contribution is 6.09. The summed E-state index contributed by atoms with van der Waals surface area (Å²) in [6, 6.07) is 14.9. The number of allylic oxidation sites excluding steroid dienone is 2. The Bertz CT molecular complexity index is 3370. The van der Waals surface area contributed by atoms with E-state index in [0.29, 0.717) is 117 Å². The van der Waals surface area contributed by atoms with Gasteiger partial charge in [-0.25, -0.2) is 4.79 Å². The van der Waals surface area contributed by atoms with Crippen molar-refractivity contribution in [1.82, 2.24) is 26.2 Å². The first-order valence-electron chi connectivity index (χ1n) is 37.7. The maximum Gasteiger partial charge on any atom is 0.331 e. The summed E-state index contributed by atoms with van der Waals surface area (Å²) >= 11 is 0. The number of ketones is 1. The van der Waals surface area contributed by atoms with Crippen LogP contribution in [0.4, 0.5) is 0 Å². The first kappa shape index (κ1) is 69.9. The van der Waals surface area contributed by atoms with Gasteiger partial charge in [0.25, 0.3) is 5.91 Å². The molecule has 3 heterocycles. The Kier molecular flexibility index (Phi) is 20.5. The summed E-state index contributed by atoms with van der Waals surface area (Å²) < 4.78 is 19.0. The van der Waals surface area contributed by atoms with E-state index in [2.05, 4.69) is 66.9 Å². The fraction of sp³-hybridized carbons (Fsp3) is 0.700. The third kappa shape index (κ3) is 13.2. The lowest BCUT2D eigenvalue weighted by Crippen LogP contribution is -2.67. The number of benzene rings is 2. The summed E-state index contributed by atoms with van der Waals surface area (Å²) in [5, 5.41) is 47.5. The molecule has 1 spiro atoms. The molecule has 0 aromatic heterocycles. The van der Waals surface area contributed by atoms with Crippen LogP contribution in [-0.4, -0.2) is 149 Å². The summed E-state index contributed by atoms with van der Waals surface area (Å²) in [6.45, 7) is 17.2. The fourth-order valence-electron chi connectivity index (χ4n) is 22.6. The molecular weight excluding hydrogens is 1220 g/mol. The zero-order chi connectivity index (χ0) is 68.2. The number of carbonyl (C=O) groups is 6. The molecular formula is C80H111N5O12. The van der Waals surface area contributed by atoms with Gasteiger partial charge in [-0.3, -0.25) is 28.9 Å². The molecule has 0 bridgehead atoms. The van der Waals surface area contributed by atoms with Gasteiger partial charge in [0.15, 0.2) is 5.78 Å². The average molecular weight is 1330 g/mol. The van der Waals surface area contributed by atoms with E-state index in [0.717, 1.165) is 115 Å². The van der Waals surface area contributed by atoms with Gasteiger partial charge >= 0.3 is 5.97 Å². The number of carbonyl (C=O) groups excluding carboxylic acids is 6. The summed E-state index contributed by atoms with van der Waals surface area (Å²) in [6.07, 6.45) is 22.0. The Morgan fingerprint density at radius 1 is 0.753 bits per heavy atom. The van der Waals surface area contributed by atoms with Crippen LogP contribution in [0.1, 0.15) is 216 Å². The molecule has 1 unspecified atom stereocenters. The second-order valence-electron chi connectivity index (χ2n) is 32.9. The lowest BCUT2D eigenvalue weighted by atomic mass is 9.42. The SMILES string of the molecule is CC1=C2C[C@H]3[C@@H](CC=C4C[C@@H](O)CC[C@@]43C)[C@@H]2CC[C@]12O[C@@H]1C[C@H](C)CN(CCNC(=O)C(CCCCNC(=O)CCCCCNC(=O)CO[C@H]3CC[C@@]4(C)[C@H](CC[C@@H]5[C@@H]4C[C@@H](O)[C@]4(C)[C@@H](C6=CC(=O)OC6)CC[C@]54O)C3)NC(=O)c3ccc(C(=O)c4ccccc4)cc3)[C@H]1[C@H]2C. The monoisotopic (exact) mass is 1330 g/mol. The Hall–Kier alpha value is -5.56. The second-order valence-corrected chi connectivity index (χ2v) is 32.9. The highest BCUT2D eigenvalue weighted by Gasteiger charge is 2.71. The van der Waals surface area contributed by atoms with Gasteiger partial charge in [0.1, 0.15) is 19.3 Å². The maximum absolute atomic E-state index is 14.4. The number of nitrogens with one attached hydrogen (secondary N) is 4. The number of piperidine rings is 1. The van der Waals surface area contributed by atoms with Crippen molar-refractivity contribution in [1.29, 1.82) is 0 Å². The smallest absolute Gasteiger partial charge is 0.331 e. The number of nitrogens with zero attached hydrogens (tertiary/aromatic N) is 1. The molecule has 20 atom stereocenters. The number of likely N-dealkylation sites (tertiary alicyclic amines) is 1. The van der Waals surface area contributed by atoms with E-state index >= 15 is 0 Å². The van der Waals surface area contributed by atoms with E-state index in [4.69, 9.17) is 14.2 Å². The van der Waals surface area contributed by atoms with Crippen LogP contribution >= 0.6 is 0 Å². The van der Waals surface area contributed by atoms with Crippen LogP contribution in [0, 0.1) is 69.5 Å². The van der Waals surface area contributed by atoms with Crippen LogP contribution in [0.3, 0.4) is 0 Å². The molecule has 8 aliphatic carbocycles. The van der Waals surface area contributed by atoms with Crippen LogP contribution in [-0.2, 0) is 33.4 Å². The quantitative estimate of drug-likeness (QED) is 0.0237. The highest BCUT2D eigenvalue weighted by atomic mass is 16.5. The molecule has 7 N–H and O–H groups in total. The normalized spacial score (nSPS) is 38.2. The van der Waals surface area contributed by atoms with E-state index in [1.165, 1.54) is 11.1 Å². The number of esters is 1. The first-order chi connectivity index (χ1) is 46.5. The number of aliphatic hydroxyl groups is 3. The van der Waals surface area contributed by atoms with E-state index < -0.39 is 29.1 Å². The Morgan fingerprint density at radius 3 is 2.28 bits per heavy atom. The molecule has 528 valence electrons. The zero-order valence-corrected chi connectivity index (χ0v) is 58.7. The van der Waals surface area contributed by atoms with Gasteiger partial charge in [-0.05, 0) is 223 Å². The molecule has 2 aromatic rings. The van der Waals surface area contributed by atoms with Crippen LogP contribution in [0.2, 0.25) is 0 Å². The zero-order valence-electron chi connectivity index (χ0n) is 58.7. The lowest BCUT2D eigenvalue weighted by Gasteiger charge is -2.65. The topological polar surface area (TPSA) is 242 Å². The third-order valence-electron chi connectivity index (χ3n) is 28.0. The van der Waals surface area contributed by atoms with Crippen molar-refractivity contribution in [3.8, 4) is 0 Å². The number of unbranched alkanes of at least 4 members (excludes halogenated alkanes) is 3. The average Bonchev–Trinajstić information content (AvgIpc) is 1.64. The molecule has 17 heteroatoms. The Morgan fingerprint density at radius 2 is 1.51 bits per heavy atom. The van der Waals surface area contributed by atoms with Crippen LogP contribution in [0.15, 0.2) is 89.0 Å². The standard InChI is InChI=1S/C80H111N5O12/c1-48-39-67-72(50(3)79(97-67)33-29-59-60-25-23-55-41-57(86)27-31-76(55,4)64(60)43-61(59)49(79)2)85(45-48)38-37-83-75(93)66(84-74(92)53-21-19-52(20-22-53)73(91)51-15-9-7-10-16-51)17-12-14-36-81-69(88)18-11-8-13-35-82-70(89)47-95-58-28-32-77(5)56(42-58)24-26-63-65(77)44-68(87)78(6)62(30-34-80(63,78)94)54-40-71(90)96-46-54/h7,9-10,15-16,19-23,40,48,50,56-60,62-68,72,86-87,94H,8,11-14,17-18,24-39,41-47H2,1-6H3,(H,81,88)(H,82,89)(H,83,93)(H,84,92)/t48-,50+,56+,57-,58-,59-,60-,62+,63+,64-,65-,66?,67+,68+,72-,76-,77-,78-,79-,80-/m0/s1. The third-order valence-corrected chi connectivity index (χ3v) is 28.0. The minimum absolute atomic E-state index is 0.00387. The van der Waals surface area contributed by atoms with E-state index in [1.54, 1.807) is 48.0 Å². The number of hydrogen-bond acceptors (Lipinski definition) is 13. The van der Waals surface area contributed by atoms with Crippen LogP contribution in [0.25, 0.3) is 0 Å². The molecule has 3 aliphatic heterocycles. The Balaban J connectivity index is 0.545. The molecule has 13 rings (SSSR count). The summed E-state index contributed by atoms with van der Waals surface area (Å²) in [7, 11) is 0. The molecule has 0 radical (unpaired) electrons. The van der Waals surface area contributed by atoms with Crippen molar-refractivity contribution in [2.45, 2.75) is 237 Å². The molecule has 2 aromatic carbocycles. The van der Waals surface area contributed by atoms with Gasteiger partial charge < -0.3 is 50.8 Å². The number of rotatable bonds is 23. The minimum Gasteiger partial charge on any atom is -0.458 e. The summed E-state index contributed by atoms with van der Waals surface area (Å²) in [5.41, 5.74) is 4.94. The molecule has 4 amide bonds. The lowest BCUT2D eigenvalue weighted by molar-refractivity contribution is -0.245. The molecule has 6 saturated carbocycles. The van der Waals surface area contributed by atoms with Crippen molar-refractivity contribution >= 4 is 35.4 Å². The molecule has 97 heavy (non-hydrogen) atoms. The molecule has 8 fully saturated rings. The van der Waals surface area contributed by atoms with Gasteiger partial charge in [0.05, 0.1) is 35.6 Å². The molecule has 11 aliphatic rings. The van der Waals surface area contributed by atoms with Gasteiger partial charge in [0, 0.05) is 79.3 Å². The maximum atomic E-state index is 14.4. The van der Waals surface area contributed by atoms with Crippen molar-refractivity contribution in [2.24, 2.45) is 69.5 Å². The van der Waals surface area contributed by atoms with Crippen LogP contribution < -0.4 is 21.3 Å². The number of aliphatic hydroxyl groups excluding tert-OH is 2. The predicted molar refractivity (Wildman–Crippen MR) is 369 cm³/mol. The number of hydrogen-bond donors (Lipinski definition) is 7. The molecule has 17 nitrogen and oxygen atoms in total. The van der Waals surface area contributed by atoms with Crippen molar-refractivity contribution in [3.05, 3.63) is 106 Å². The van der Waals surface area contributed by atoms with Gasteiger partial charge in [-0.1, -0.05) is 101 Å². The largest absolute Gasteiger partial charge is 0.458 e. The van der Waals surface area contributed by atoms with Gasteiger partial charge in [0.2, 0.25) is 17.7 Å². The van der Waals surface area contributed by atoms with Gasteiger partial charge in [-0.15, -0.1) is 0 Å². The fourth-order valence-corrected chi connectivity index (χ4v) is 22.6. The minimum atomic E-state index is -1.02. The van der Waals surface area contributed by atoms with Crippen molar-refractivity contribution < 1.29 is 58.3 Å². The van der Waals surface area contributed by atoms with E-state index in [9.17, 15) is 44.1 Å². The summed E-state index contributed by atoms with van der Waals surface area (Å²) in [5.74, 6) is 1.77.